The maximum absolute atomic E-state index is 13.7. The second kappa shape index (κ2) is 10.0. The smallest absolute Gasteiger partial charge is 0.349 e. The molecule has 31 heavy (non-hydrogen) atoms. The number of methoxy groups -OCH3 is 2. The second-order valence-electron chi connectivity index (χ2n) is 7.75. The van der Waals surface area contributed by atoms with E-state index in [1.165, 1.54) is 17.5 Å². The lowest BCUT2D eigenvalue weighted by atomic mass is 10.1. The highest BCUT2D eigenvalue weighted by atomic mass is 32.2. The van der Waals surface area contributed by atoms with E-state index in [-0.39, 0.29) is 28.5 Å². The third kappa shape index (κ3) is 5.22. The van der Waals surface area contributed by atoms with E-state index >= 15 is 0 Å². The predicted molar refractivity (Wildman–Crippen MR) is 119 cm³/mol. The number of sulfonamides is 1. The Morgan fingerprint density at radius 2 is 1.87 bits per heavy atom. The fraction of sp³-hybridized carbons (Fsp3) is 0.500. The number of ether oxygens (including phenoxy) is 3. The van der Waals surface area contributed by atoms with Crippen molar-refractivity contribution in [2.75, 3.05) is 14.2 Å². The summed E-state index contributed by atoms with van der Waals surface area (Å²) in [6.45, 7) is 4.03. The summed E-state index contributed by atoms with van der Waals surface area (Å²) in [5.41, 5.74) is 0.793. The van der Waals surface area contributed by atoms with Crippen molar-refractivity contribution < 1.29 is 27.4 Å². The van der Waals surface area contributed by atoms with Crippen LogP contribution in [0.5, 0.6) is 11.5 Å². The van der Waals surface area contributed by atoms with Crippen molar-refractivity contribution in [2.24, 2.45) is 0 Å². The van der Waals surface area contributed by atoms with Crippen LogP contribution in [-0.2, 0) is 21.3 Å². The summed E-state index contributed by atoms with van der Waals surface area (Å²) in [6, 6.07) is 6.82. The van der Waals surface area contributed by atoms with Crippen molar-refractivity contribution in [2.45, 2.75) is 63.1 Å². The highest BCUT2D eigenvalue weighted by molar-refractivity contribution is 7.89. The monoisotopic (exact) mass is 467 g/mol. The molecule has 0 saturated heterocycles. The number of hydrogen-bond donors (Lipinski definition) is 0. The Hall–Kier alpha value is -2.10. The first-order chi connectivity index (χ1) is 14.8. The maximum atomic E-state index is 13.7. The SMILES string of the molecule is COC(=O)c1sccc1S(=O)(=O)N(Cc1ccc(OC)c(OC(C)C)c1)C1CCCC1. The van der Waals surface area contributed by atoms with Crippen LogP contribution in [0, 0.1) is 0 Å². The Kier molecular flexibility index (Phi) is 7.61. The van der Waals surface area contributed by atoms with Crippen LogP contribution < -0.4 is 9.47 Å². The number of carbonyl (C=O) groups excluding carboxylic acids is 1. The highest BCUT2D eigenvalue weighted by Crippen LogP contribution is 2.35. The van der Waals surface area contributed by atoms with Crippen molar-refractivity contribution in [1.29, 1.82) is 0 Å². The zero-order valence-corrected chi connectivity index (χ0v) is 19.9. The van der Waals surface area contributed by atoms with E-state index < -0.39 is 16.0 Å². The molecule has 9 heteroatoms. The summed E-state index contributed by atoms with van der Waals surface area (Å²) >= 11 is 1.07. The van der Waals surface area contributed by atoms with Crippen LogP contribution in [0.25, 0.3) is 0 Å². The third-order valence-electron chi connectivity index (χ3n) is 5.25. The minimum atomic E-state index is -3.91. The zero-order valence-electron chi connectivity index (χ0n) is 18.3. The van der Waals surface area contributed by atoms with Gasteiger partial charge in [-0.05, 0) is 55.8 Å². The first-order valence-corrected chi connectivity index (χ1v) is 12.6. The largest absolute Gasteiger partial charge is 0.493 e. The molecule has 2 aromatic rings. The van der Waals surface area contributed by atoms with Gasteiger partial charge in [-0.15, -0.1) is 11.3 Å². The Balaban J connectivity index is 1.99. The van der Waals surface area contributed by atoms with Gasteiger partial charge in [-0.25, -0.2) is 13.2 Å². The number of rotatable bonds is 9. The molecule has 0 atom stereocenters. The summed E-state index contributed by atoms with van der Waals surface area (Å²) in [5, 5.41) is 1.61. The van der Waals surface area contributed by atoms with Gasteiger partial charge in [0.1, 0.15) is 9.77 Å². The lowest BCUT2D eigenvalue weighted by Gasteiger charge is -2.28. The van der Waals surface area contributed by atoms with Crippen molar-refractivity contribution in [3.63, 3.8) is 0 Å². The van der Waals surface area contributed by atoms with Gasteiger partial charge in [0.05, 0.1) is 20.3 Å². The van der Waals surface area contributed by atoms with Crippen LogP contribution in [-0.4, -0.2) is 45.1 Å². The third-order valence-corrected chi connectivity index (χ3v) is 8.21. The first-order valence-electron chi connectivity index (χ1n) is 10.3. The molecule has 1 aromatic carbocycles. The van der Waals surface area contributed by atoms with E-state index in [1.54, 1.807) is 18.6 Å². The maximum Gasteiger partial charge on any atom is 0.349 e. The van der Waals surface area contributed by atoms with Crippen molar-refractivity contribution in [3.05, 3.63) is 40.1 Å². The fourth-order valence-electron chi connectivity index (χ4n) is 3.82. The molecule has 1 aliphatic carbocycles. The number of hydrogen-bond acceptors (Lipinski definition) is 7. The lowest BCUT2D eigenvalue weighted by Crippen LogP contribution is -2.38. The van der Waals surface area contributed by atoms with Crippen LogP contribution in [0.15, 0.2) is 34.5 Å². The molecule has 7 nitrogen and oxygen atoms in total. The quantitative estimate of drug-likeness (QED) is 0.506. The summed E-state index contributed by atoms with van der Waals surface area (Å²) in [7, 11) is -1.08. The Morgan fingerprint density at radius 1 is 1.16 bits per heavy atom. The summed E-state index contributed by atoms with van der Waals surface area (Å²) in [4.78, 5) is 12.2. The molecule has 1 saturated carbocycles. The molecule has 1 heterocycles. The van der Waals surface area contributed by atoms with Crippen LogP contribution in [0.2, 0.25) is 0 Å². The number of benzene rings is 1. The van der Waals surface area contributed by atoms with Gasteiger partial charge in [0.15, 0.2) is 11.5 Å². The highest BCUT2D eigenvalue weighted by Gasteiger charge is 2.36. The van der Waals surface area contributed by atoms with Gasteiger partial charge in [0.2, 0.25) is 10.0 Å². The van der Waals surface area contributed by atoms with Crippen LogP contribution >= 0.6 is 11.3 Å². The van der Waals surface area contributed by atoms with E-state index in [1.807, 2.05) is 26.0 Å². The van der Waals surface area contributed by atoms with E-state index in [2.05, 4.69) is 0 Å². The Bertz CT molecular complexity index is 1010. The van der Waals surface area contributed by atoms with Gasteiger partial charge < -0.3 is 14.2 Å². The Morgan fingerprint density at radius 3 is 2.48 bits per heavy atom. The number of esters is 1. The molecule has 0 amide bonds. The normalized spacial score (nSPS) is 14.9. The average Bonchev–Trinajstić information content (AvgIpc) is 3.43. The van der Waals surface area contributed by atoms with Gasteiger partial charge in [-0.2, -0.15) is 4.31 Å². The molecule has 0 spiro atoms. The Labute approximate surface area is 188 Å². The first kappa shape index (κ1) is 23.6. The molecule has 170 valence electrons. The van der Waals surface area contributed by atoms with Crippen LogP contribution in [0.3, 0.4) is 0 Å². The van der Waals surface area contributed by atoms with Crippen molar-refractivity contribution >= 4 is 27.3 Å². The summed E-state index contributed by atoms with van der Waals surface area (Å²) in [6.07, 6.45) is 3.50. The van der Waals surface area contributed by atoms with Crippen molar-refractivity contribution in [1.82, 2.24) is 4.31 Å². The van der Waals surface area contributed by atoms with E-state index in [0.717, 1.165) is 42.6 Å². The van der Waals surface area contributed by atoms with Crippen LogP contribution in [0.1, 0.15) is 54.8 Å². The van der Waals surface area contributed by atoms with E-state index in [9.17, 15) is 13.2 Å². The molecular weight excluding hydrogens is 438 g/mol. The molecule has 1 fully saturated rings. The topological polar surface area (TPSA) is 82.1 Å². The number of carbonyl (C=O) groups is 1. The van der Waals surface area contributed by atoms with Gasteiger partial charge in [-0.1, -0.05) is 18.9 Å². The standard InChI is InChI=1S/C22H29NO6S2/c1-15(2)29-19-13-16(9-10-18(19)27-3)14-23(17-7-5-6-8-17)31(25,26)20-11-12-30-21(20)22(24)28-4/h9-13,15,17H,5-8,14H2,1-4H3. The molecule has 0 radical (unpaired) electrons. The summed E-state index contributed by atoms with van der Waals surface area (Å²) < 4.78 is 44.9. The number of nitrogens with zero attached hydrogens (tertiary/aromatic N) is 1. The van der Waals surface area contributed by atoms with Crippen molar-refractivity contribution in [3.8, 4) is 11.5 Å². The van der Waals surface area contributed by atoms with Crippen LogP contribution in [0.4, 0.5) is 0 Å². The molecular formula is C22H29NO6S2. The van der Waals surface area contributed by atoms with Gasteiger partial charge >= 0.3 is 5.97 Å². The minimum Gasteiger partial charge on any atom is -0.493 e. The zero-order chi connectivity index (χ0) is 22.6. The molecule has 1 aliphatic rings. The van der Waals surface area contributed by atoms with Gasteiger partial charge in [-0.3, -0.25) is 0 Å². The van der Waals surface area contributed by atoms with Gasteiger partial charge in [0, 0.05) is 12.6 Å². The molecule has 0 aliphatic heterocycles. The average molecular weight is 468 g/mol. The van der Waals surface area contributed by atoms with E-state index in [4.69, 9.17) is 14.2 Å². The number of thiophene rings is 1. The molecule has 0 N–H and O–H groups in total. The predicted octanol–water partition coefficient (Wildman–Crippen LogP) is 4.46. The van der Waals surface area contributed by atoms with E-state index in [0.29, 0.717) is 11.5 Å². The van der Waals surface area contributed by atoms with Gasteiger partial charge in [0.25, 0.3) is 0 Å². The molecule has 1 aromatic heterocycles. The lowest BCUT2D eigenvalue weighted by molar-refractivity contribution is 0.0602. The second-order valence-corrected chi connectivity index (χ2v) is 10.5. The molecule has 0 bridgehead atoms. The molecule has 0 unspecified atom stereocenters. The molecule has 3 rings (SSSR count). The fourth-order valence-corrected chi connectivity index (χ4v) is 6.80. The summed E-state index contributed by atoms with van der Waals surface area (Å²) in [5.74, 6) is 0.528. The minimum absolute atomic E-state index is 0.00316.